The Kier molecular flexibility index (Phi) is 8.63. The summed E-state index contributed by atoms with van der Waals surface area (Å²) in [6.45, 7) is 13.4. The van der Waals surface area contributed by atoms with Crippen LogP contribution in [-0.2, 0) is 6.54 Å². The van der Waals surface area contributed by atoms with Gasteiger partial charge in [-0.3, -0.25) is 4.90 Å². The van der Waals surface area contributed by atoms with E-state index in [4.69, 9.17) is 23.2 Å². The van der Waals surface area contributed by atoms with E-state index in [0.29, 0.717) is 41.5 Å². The number of nitrogens with one attached hydrogen (secondary N) is 3. The lowest BCUT2D eigenvalue weighted by atomic mass is 9.48. The van der Waals surface area contributed by atoms with E-state index in [1.807, 2.05) is 24.3 Å². The number of rotatable bonds is 11. The molecule has 4 bridgehead atoms. The number of benzene rings is 1. The number of nitriles is 1. The Morgan fingerprint density at radius 1 is 1.12 bits per heavy atom. The summed E-state index contributed by atoms with van der Waals surface area (Å²) < 4.78 is 0. The number of piperidine rings is 1. The van der Waals surface area contributed by atoms with Gasteiger partial charge in [-0.1, -0.05) is 29.8 Å². The molecule has 5 atom stereocenters. The van der Waals surface area contributed by atoms with Crippen LogP contribution in [0.1, 0.15) is 56.1 Å². The minimum absolute atomic E-state index is 0.283. The van der Waals surface area contributed by atoms with Gasteiger partial charge in [0.05, 0.1) is 12.7 Å². The quantitative estimate of drug-likeness (QED) is 0.309. The van der Waals surface area contributed by atoms with E-state index < -0.39 is 0 Å². The van der Waals surface area contributed by atoms with E-state index in [1.54, 1.807) is 6.20 Å². The van der Waals surface area contributed by atoms with Crippen molar-refractivity contribution >= 4 is 23.4 Å². The summed E-state index contributed by atoms with van der Waals surface area (Å²) in [5.74, 6) is 4.20. The van der Waals surface area contributed by atoms with Crippen molar-refractivity contribution in [3.8, 4) is 6.07 Å². The summed E-state index contributed by atoms with van der Waals surface area (Å²) in [6, 6.07) is 10.7. The summed E-state index contributed by atoms with van der Waals surface area (Å²) in [4.78, 5) is 15.0. The molecule has 1 saturated heterocycles. The maximum absolute atomic E-state index is 9.74. The van der Waals surface area contributed by atoms with Gasteiger partial charge in [-0.2, -0.15) is 10.2 Å². The standard InChI is InChI=1S/C32H41ClN8/c1-35-8-11-41-9-6-22(7-10-41)18-36-29-25-12-23-13-26(29)16-32(14-23,15-25)21-39-30-27(17-34)20-38-31(40-30)37-19-24-4-2-3-5-28(24)33/h2-5,20,22-23,25-26,29,36H,6-16,18-19,21H2,(H2,37,38,39,40)/t23?,25-,26+,29-,32-. The molecule has 2 aromatic rings. The second kappa shape index (κ2) is 12.5. The number of anilines is 2. The summed E-state index contributed by atoms with van der Waals surface area (Å²) in [7, 11) is 0. The average Bonchev–Trinajstić information content (AvgIpc) is 2.98. The lowest BCUT2D eigenvalue weighted by Gasteiger charge is -2.60. The SMILES string of the molecule is [C-]#[N+]CCN1CCC(CN[C@@H]2[C@@H]3CC4C[C@H]2C[C@@](CNc2nc(NCc5ccccc5Cl)ncc2C#N)(C4)C3)CC1. The van der Waals surface area contributed by atoms with Crippen LogP contribution >= 0.6 is 11.6 Å². The first kappa shape index (κ1) is 28.2. The molecule has 3 N–H and O–H groups in total. The molecule has 0 spiro atoms. The Morgan fingerprint density at radius 3 is 2.63 bits per heavy atom. The predicted octanol–water partition coefficient (Wildman–Crippen LogP) is 5.44. The topological polar surface area (TPSA) is 93.3 Å². The zero-order valence-corrected chi connectivity index (χ0v) is 24.5. The molecule has 4 saturated carbocycles. The minimum Gasteiger partial charge on any atom is -0.368 e. The van der Waals surface area contributed by atoms with Crippen LogP contribution in [-0.4, -0.2) is 60.2 Å². The first-order chi connectivity index (χ1) is 20.0. The molecule has 8 nitrogen and oxygen atoms in total. The van der Waals surface area contributed by atoms with Crippen molar-refractivity contribution in [3.63, 3.8) is 0 Å². The molecule has 1 aromatic carbocycles. The molecule has 4 aliphatic carbocycles. The number of nitrogens with zero attached hydrogens (tertiary/aromatic N) is 5. The maximum Gasteiger partial charge on any atom is 0.227 e. The fourth-order valence-electron chi connectivity index (χ4n) is 8.42. The molecule has 1 aliphatic heterocycles. The Hall–Kier alpha value is -2.91. The highest BCUT2D eigenvalue weighted by atomic mass is 35.5. The van der Waals surface area contributed by atoms with Crippen LogP contribution in [0.5, 0.6) is 0 Å². The van der Waals surface area contributed by atoms with Crippen LogP contribution in [0.15, 0.2) is 30.5 Å². The van der Waals surface area contributed by atoms with Gasteiger partial charge < -0.3 is 20.8 Å². The highest BCUT2D eigenvalue weighted by Gasteiger charge is 2.55. The number of hydrogen-bond donors (Lipinski definition) is 3. The Labute approximate surface area is 249 Å². The first-order valence-electron chi connectivity index (χ1n) is 15.3. The maximum atomic E-state index is 9.74. The van der Waals surface area contributed by atoms with Gasteiger partial charge in [0.15, 0.2) is 0 Å². The third-order valence-electron chi connectivity index (χ3n) is 10.2. The normalized spacial score (nSPS) is 29.1. The predicted molar refractivity (Wildman–Crippen MR) is 162 cm³/mol. The van der Waals surface area contributed by atoms with Gasteiger partial charge in [-0.25, -0.2) is 11.6 Å². The number of aromatic nitrogens is 2. The van der Waals surface area contributed by atoms with Crippen LogP contribution in [0.4, 0.5) is 11.8 Å². The van der Waals surface area contributed by atoms with Crippen molar-refractivity contribution in [3.05, 3.63) is 58.0 Å². The van der Waals surface area contributed by atoms with Gasteiger partial charge in [0.25, 0.3) is 0 Å². The van der Waals surface area contributed by atoms with E-state index in [0.717, 1.165) is 62.0 Å². The van der Waals surface area contributed by atoms with E-state index in [2.05, 4.69) is 36.7 Å². The third-order valence-corrected chi connectivity index (χ3v) is 10.6. The number of hydrogen-bond acceptors (Lipinski definition) is 7. The van der Waals surface area contributed by atoms with E-state index in [9.17, 15) is 5.26 Å². The van der Waals surface area contributed by atoms with Crippen LogP contribution in [0.3, 0.4) is 0 Å². The van der Waals surface area contributed by atoms with E-state index in [1.165, 1.54) is 44.9 Å². The lowest BCUT2D eigenvalue weighted by Crippen LogP contribution is -2.60. The van der Waals surface area contributed by atoms with Crippen molar-refractivity contribution in [2.24, 2.45) is 29.1 Å². The van der Waals surface area contributed by atoms with Gasteiger partial charge in [-0.05, 0) is 105 Å². The van der Waals surface area contributed by atoms with Crippen LogP contribution in [0, 0.1) is 47.0 Å². The van der Waals surface area contributed by atoms with E-state index in [-0.39, 0.29) is 5.41 Å². The molecule has 1 unspecified atom stereocenters. The van der Waals surface area contributed by atoms with Crippen molar-refractivity contribution in [1.29, 1.82) is 5.26 Å². The molecule has 216 valence electrons. The zero-order valence-electron chi connectivity index (χ0n) is 23.8. The van der Waals surface area contributed by atoms with Crippen molar-refractivity contribution in [2.45, 2.75) is 57.5 Å². The molecule has 0 radical (unpaired) electrons. The Bertz CT molecular complexity index is 1280. The smallest absolute Gasteiger partial charge is 0.227 e. The molecule has 0 amide bonds. The minimum atomic E-state index is 0.283. The molecule has 5 aliphatic rings. The summed E-state index contributed by atoms with van der Waals surface area (Å²) >= 11 is 6.31. The molecule has 5 fully saturated rings. The highest BCUT2D eigenvalue weighted by molar-refractivity contribution is 6.31. The number of halogens is 1. The average molecular weight is 573 g/mol. The van der Waals surface area contributed by atoms with Gasteiger partial charge in [-0.15, -0.1) is 0 Å². The molecular weight excluding hydrogens is 532 g/mol. The summed E-state index contributed by atoms with van der Waals surface area (Å²) in [5, 5.41) is 21.4. The summed E-state index contributed by atoms with van der Waals surface area (Å²) in [6.07, 6.45) is 10.6. The van der Waals surface area contributed by atoms with Crippen molar-refractivity contribution < 1.29 is 0 Å². The first-order valence-corrected chi connectivity index (χ1v) is 15.7. The van der Waals surface area contributed by atoms with Gasteiger partial charge in [0.1, 0.15) is 17.5 Å². The fraction of sp³-hybridized carbons (Fsp3) is 0.625. The second-order valence-corrected chi connectivity index (χ2v) is 13.3. The molecular formula is C32H41ClN8. The van der Waals surface area contributed by atoms with Crippen molar-refractivity contribution in [1.82, 2.24) is 20.2 Å². The Balaban J connectivity index is 1.04. The van der Waals surface area contributed by atoms with Crippen LogP contribution < -0.4 is 16.0 Å². The monoisotopic (exact) mass is 572 g/mol. The van der Waals surface area contributed by atoms with Crippen LogP contribution in [0.2, 0.25) is 5.02 Å². The van der Waals surface area contributed by atoms with Gasteiger partial charge in [0, 0.05) is 24.2 Å². The third kappa shape index (κ3) is 6.46. The van der Waals surface area contributed by atoms with Gasteiger partial charge in [0.2, 0.25) is 12.5 Å². The van der Waals surface area contributed by atoms with Crippen LogP contribution in [0.25, 0.3) is 4.85 Å². The zero-order chi connectivity index (χ0) is 28.2. The number of likely N-dealkylation sites (tertiary alicyclic amines) is 1. The molecule has 9 heteroatoms. The van der Waals surface area contributed by atoms with Crippen molar-refractivity contribution in [2.75, 3.05) is 49.9 Å². The molecule has 2 heterocycles. The molecule has 41 heavy (non-hydrogen) atoms. The largest absolute Gasteiger partial charge is 0.368 e. The van der Waals surface area contributed by atoms with E-state index >= 15 is 0 Å². The summed E-state index contributed by atoms with van der Waals surface area (Å²) in [5.41, 5.74) is 1.75. The van der Waals surface area contributed by atoms with Gasteiger partial charge >= 0.3 is 0 Å². The lowest BCUT2D eigenvalue weighted by molar-refractivity contribution is -0.0704. The highest BCUT2D eigenvalue weighted by Crippen LogP contribution is 2.60. The fourth-order valence-corrected chi connectivity index (χ4v) is 8.62. The molecule has 1 aromatic heterocycles. The Morgan fingerprint density at radius 2 is 1.90 bits per heavy atom. The molecule has 7 rings (SSSR count). The second-order valence-electron chi connectivity index (χ2n) is 12.9.